The molecule has 0 saturated carbocycles. The second kappa shape index (κ2) is 12.7. The van der Waals surface area contributed by atoms with Crippen molar-refractivity contribution in [1.82, 2.24) is 10.2 Å². The van der Waals surface area contributed by atoms with Gasteiger partial charge >= 0.3 is 0 Å². The molecule has 140 valence electrons. The maximum atomic E-state index is 11.7. The normalized spacial score (nSPS) is 16.4. The van der Waals surface area contributed by atoms with E-state index in [1.165, 1.54) is 0 Å². The van der Waals surface area contributed by atoms with Gasteiger partial charge in [0.15, 0.2) is 0 Å². The van der Waals surface area contributed by atoms with Gasteiger partial charge in [0.05, 0.1) is 12.4 Å². The number of likely N-dealkylation sites (tertiary alicyclic amines) is 1. The molecule has 0 aromatic rings. The SMILES string of the molecule is C.FC(F)CCl.O=C1CCC(=O)N1.O=C1CCC(=O)N1CC(F)F. The van der Waals surface area contributed by atoms with Crippen LogP contribution < -0.4 is 5.32 Å². The minimum atomic E-state index is -2.62. The molecule has 0 radical (unpaired) electrons. The van der Waals surface area contributed by atoms with Crippen molar-refractivity contribution in [2.75, 3.05) is 12.4 Å². The van der Waals surface area contributed by atoms with Gasteiger partial charge in [-0.2, -0.15) is 0 Å². The van der Waals surface area contributed by atoms with Gasteiger partial charge in [0, 0.05) is 25.7 Å². The van der Waals surface area contributed by atoms with E-state index in [1.54, 1.807) is 0 Å². The molecule has 0 spiro atoms. The van der Waals surface area contributed by atoms with Crippen molar-refractivity contribution in [1.29, 1.82) is 0 Å². The summed E-state index contributed by atoms with van der Waals surface area (Å²) in [5.74, 6) is -1.83. The lowest BCUT2D eigenvalue weighted by atomic mass is 10.4. The van der Waals surface area contributed by atoms with Crippen LogP contribution in [-0.4, -0.2) is 53.8 Å². The van der Waals surface area contributed by atoms with Crippen molar-refractivity contribution in [3.05, 3.63) is 0 Å². The molecule has 2 saturated heterocycles. The Labute approximate surface area is 141 Å². The standard InChI is InChI=1S/C6H7F2NO2.C4H5NO2.C2H3ClF2.CH4/c7-4(8)3-9-5(10)1-2-6(9)11;6-3-1-2-4(7)5-3;3-1-2(4)5;/h4H,1-3H2;1-2H2,(H,5,6,7);2H,1H2;1H4. The molecule has 2 aliphatic heterocycles. The molecule has 24 heavy (non-hydrogen) atoms. The van der Waals surface area contributed by atoms with E-state index in [9.17, 15) is 36.7 Å². The Hall–Kier alpha value is -1.71. The highest BCUT2D eigenvalue weighted by Crippen LogP contribution is 2.12. The summed E-state index contributed by atoms with van der Waals surface area (Å²) >= 11 is 4.59. The first-order valence-electron chi connectivity index (χ1n) is 6.45. The fourth-order valence-electron chi connectivity index (χ4n) is 1.47. The highest BCUT2D eigenvalue weighted by molar-refractivity contribution is 6.18. The van der Waals surface area contributed by atoms with Crippen molar-refractivity contribution >= 4 is 35.2 Å². The summed E-state index contributed by atoms with van der Waals surface area (Å²) in [7, 11) is 0. The quantitative estimate of drug-likeness (QED) is 0.462. The highest BCUT2D eigenvalue weighted by Gasteiger charge is 2.30. The van der Waals surface area contributed by atoms with Gasteiger partial charge in [-0.25, -0.2) is 17.6 Å². The monoisotopic (exact) mass is 378 g/mol. The number of imide groups is 2. The first-order chi connectivity index (χ1) is 10.7. The minimum absolute atomic E-state index is 0. The van der Waals surface area contributed by atoms with Gasteiger partial charge in [-0.1, -0.05) is 7.43 Å². The summed E-state index contributed by atoms with van der Waals surface area (Å²) in [6, 6.07) is 0. The van der Waals surface area contributed by atoms with Crippen LogP contribution in [0.1, 0.15) is 33.1 Å². The predicted molar refractivity (Wildman–Crippen MR) is 77.8 cm³/mol. The molecule has 0 unspecified atom stereocenters. The molecule has 0 aromatic heterocycles. The van der Waals surface area contributed by atoms with Crippen molar-refractivity contribution < 1.29 is 36.7 Å². The molecule has 2 rings (SSSR count). The predicted octanol–water partition coefficient (Wildman–Crippen LogP) is 1.95. The number of nitrogens with zero attached hydrogens (tertiary/aromatic N) is 1. The summed E-state index contributed by atoms with van der Waals surface area (Å²) < 4.78 is 44.6. The van der Waals surface area contributed by atoms with Crippen LogP contribution in [0.2, 0.25) is 0 Å². The van der Waals surface area contributed by atoms with Gasteiger partial charge in [0.2, 0.25) is 23.6 Å². The number of hydrogen-bond donors (Lipinski definition) is 1. The van der Waals surface area contributed by atoms with Crippen LogP contribution >= 0.6 is 11.6 Å². The fourth-order valence-corrected chi connectivity index (χ4v) is 1.47. The Morgan fingerprint density at radius 3 is 1.46 bits per heavy atom. The van der Waals surface area contributed by atoms with Gasteiger partial charge in [0.25, 0.3) is 12.9 Å². The Balaban J connectivity index is 0. The maximum absolute atomic E-state index is 11.7. The van der Waals surface area contributed by atoms with Crippen LogP contribution in [0.25, 0.3) is 0 Å². The molecule has 4 amide bonds. The molecule has 11 heteroatoms. The van der Waals surface area contributed by atoms with E-state index in [1.807, 2.05) is 0 Å². The number of hydrogen-bond acceptors (Lipinski definition) is 4. The largest absolute Gasteiger partial charge is 0.296 e. The summed E-state index contributed by atoms with van der Waals surface area (Å²) in [5, 5.41) is 2.14. The third-order valence-electron chi connectivity index (χ3n) is 2.45. The number of rotatable bonds is 3. The molecule has 2 aliphatic rings. The fraction of sp³-hybridized carbons (Fsp3) is 0.692. The van der Waals surface area contributed by atoms with E-state index in [0.717, 1.165) is 0 Å². The van der Waals surface area contributed by atoms with E-state index < -0.39 is 37.1 Å². The number of alkyl halides is 5. The smallest absolute Gasteiger partial charge is 0.256 e. The lowest BCUT2D eigenvalue weighted by molar-refractivity contribution is -0.140. The van der Waals surface area contributed by atoms with Crippen LogP contribution in [0.4, 0.5) is 17.6 Å². The summed E-state index contributed by atoms with van der Waals surface area (Å²) in [6.45, 7) is -0.752. The van der Waals surface area contributed by atoms with Crippen molar-refractivity contribution in [3.63, 3.8) is 0 Å². The van der Waals surface area contributed by atoms with Gasteiger partial charge in [-0.3, -0.25) is 29.4 Å². The first kappa shape index (κ1) is 24.5. The van der Waals surface area contributed by atoms with Crippen molar-refractivity contribution in [2.45, 2.75) is 46.0 Å². The highest BCUT2D eigenvalue weighted by atomic mass is 35.5. The van der Waals surface area contributed by atoms with Gasteiger partial charge in [0.1, 0.15) is 0 Å². The molecule has 0 aliphatic carbocycles. The summed E-state index contributed by atoms with van der Waals surface area (Å²) in [4.78, 5) is 42.2. The first-order valence-corrected chi connectivity index (χ1v) is 6.99. The second-order valence-electron chi connectivity index (χ2n) is 4.31. The molecule has 1 N–H and O–H groups in total. The van der Waals surface area contributed by atoms with E-state index in [4.69, 9.17) is 0 Å². The number of nitrogens with one attached hydrogen (secondary N) is 1. The van der Waals surface area contributed by atoms with Crippen LogP contribution in [0.5, 0.6) is 0 Å². The zero-order chi connectivity index (χ0) is 18.0. The zero-order valence-corrected chi connectivity index (χ0v) is 12.6. The van der Waals surface area contributed by atoms with Crippen LogP contribution in [0.3, 0.4) is 0 Å². The molecule has 0 atom stereocenters. The molecule has 0 aromatic carbocycles. The maximum Gasteiger partial charge on any atom is 0.256 e. The van der Waals surface area contributed by atoms with Gasteiger partial charge in [-0.05, 0) is 0 Å². The molecule has 2 heterocycles. The Morgan fingerprint density at radius 1 is 0.875 bits per heavy atom. The number of halogens is 5. The van der Waals surface area contributed by atoms with Crippen molar-refractivity contribution in [2.24, 2.45) is 0 Å². The van der Waals surface area contributed by atoms with Gasteiger partial charge in [-0.15, -0.1) is 11.6 Å². The third kappa shape index (κ3) is 10.9. The number of carbonyl (C=O) groups is 4. The second-order valence-corrected chi connectivity index (χ2v) is 4.61. The Kier molecular flexibility index (Phi) is 13.0. The number of amides is 4. The average molecular weight is 379 g/mol. The topological polar surface area (TPSA) is 83.5 Å². The van der Waals surface area contributed by atoms with E-state index in [2.05, 4.69) is 16.9 Å². The lowest BCUT2D eigenvalue weighted by Crippen LogP contribution is -2.33. The van der Waals surface area contributed by atoms with E-state index in [0.29, 0.717) is 17.7 Å². The molecular weight excluding hydrogens is 360 g/mol. The van der Waals surface area contributed by atoms with Crippen LogP contribution in [0.15, 0.2) is 0 Å². The van der Waals surface area contributed by atoms with E-state index >= 15 is 0 Å². The van der Waals surface area contributed by atoms with Crippen LogP contribution in [-0.2, 0) is 19.2 Å². The Morgan fingerprint density at radius 2 is 1.25 bits per heavy atom. The summed E-state index contributed by atoms with van der Waals surface area (Å²) in [6.07, 6.45) is -4.08. The van der Waals surface area contributed by atoms with Gasteiger partial charge < -0.3 is 0 Å². The lowest BCUT2D eigenvalue weighted by Gasteiger charge is -2.11. The zero-order valence-electron chi connectivity index (χ0n) is 11.9. The van der Waals surface area contributed by atoms with E-state index in [-0.39, 0.29) is 32.1 Å². The Bertz CT molecular complexity index is 420. The number of carbonyl (C=O) groups excluding carboxylic acids is 4. The van der Waals surface area contributed by atoms with Crippen molar-refractivity contribution in [3.8, 4) is 0 Å². The molecule has 0 bridgehead atoms. The minimum Gasteiger partial charge on any atom is -0.296 e. The summed E-state index contributed by atoms with van der Waals surface area (Å²) in [5.41, 5.74) is 0. The molecule has 2 fully saturated rings. The third-order valence-corrected chi connectivity index (χ3v) is 2.68. The molecule has 6 nitrogen and oxygen atoms in total. The molecular formula is C13H19ClF4N2O4. The van der Waals surface area contributed by atoms with Crippen LogP contribution in [0, 0.1) is 0 Å². The average Bonchev–Trinajstić information content (AvgIpc) is 2.99.